The van der Waals surface area contributed by atoms with E-state index in [0.29, 0.717) is 28.7 Å². The van der Waals surface area contributed by atoms with E-state index in [1.807, 2.05) is 39.0 Å². The molecule has 3 aromatic rings. The van der Waals surface area contributed by atoms with Crippen LogP contribution in [0.5, 0.6) is 17.2 Å². The highest BCUT2D eigenvalue weighted by molar-refractivity contribution is 6.33. The zero-order chi connectivity index (χ0) is 24.5. The van der Waals surface area contributed by atoms with Gasteiger partial charge in [0.25, 0.3) is 5.91 Å². The first-order chi connectivity index (χ1) is 16.4. The normalized spacial score (nSPS) is 10.7. The summed E-state index contributed by atoms with van der Waals surface area (Å²) in [6.07, 6.45) is 1.45. The van der Waals surface area contributed by atoms with Crippen molar-refractivity contribution >= 4 is 29.7 Å². The second-order valence-electron chi connectivity index (χ2n) is 7.34. The molecule has 0 unspecified atom stereocenters. The van der Waals surface area contributed by atoms with Gasteiger partial charge in [-0.25, -0.2) is 10.2 Å². The first kappa shape index (κ1) is 24.8. The van der Waals surface area contributed by atoms with Crippen LogP contribution in [-0.4, -0.2) is 31.3 Å². The average molecular weight is 481 g/mol. The van der Waals surface area contributed by atoms with Crippen LogP contribution in [0.3, 0.4) is 0 Å². The first-order valence-electron chi connectivity index (χ1n) is 10.6. The van der Waals surface area contributed by atoms with E-state index in [4.69, 9.17) is 25.8 Å². The molecule has 0 spiro atoms. The molecule has 3 rings (SSSR count). The number of carbonyl (C=O) groups is 2. The van der Waals surface area contributed by atoms with Crippen LogP contribution in [-0.2, 0) is 4.79 Å². The Morgan fingerprint density at radius 2 is 1.76 bits per heavy atom. The van der Waals surface area contributed by atoms with Crippen molar-refractivity contribution in [3.63, 3.8) is 0 Å². The van der Waals surface area contributed by atoms with Crippen molar-refractivity contribution < 1.29 is 23.8 Å². The quantitative estimate of drug-likeness (QED) is 0.199. The van der Waals surface area contributed by atoms with Gasteiger partial charge in [-0.05, 0) is 79.9 Å². The van der Waals surface area contributed by atoms with Crippen molar-refractivity contribution in [1.29, 1.82) is 0 Å². The van der Waals surface area contributed by atoms with Gasteiger partial charge >= 0.3 is 5.97 Å². The van der Waals surface area contributed by atoms with Gasteiger partial charge in [-0.2, -0.15) is 5.10 Å². The minimum absolute atomic E-state index is 0.166. The van der Waals surface area contributed by atoms with E-state index in [1.54, 1.807) is 42.5 Å². The highest BCUT2D eigenvalue weighted by Gasteiger charge is 2.15. The molecule has 0 bridgehead atoms. The lowest BCUT2D eigenvalue weighted by Gasteiger charge is -2.12. The number of esters is 1. The highest BCUT2D eigenvalue weighted by Crippen LogP contribution is 2.29. The molecular weight excluding hydrogens is 456 g/mol. The molecule has 0 heterocycles. The van der Waals surface area contributed by atoms with Gasteiger partial charge in [0.05, 0.1) is 23.4 Å². The number of carbonyl (C=O) groups excluding carboxylic acids is 2. The summed E-state index contributed by atoms with van der Waals surface area (Å²) in [5, 5.41) is 4.25. The minimum atomic E-state index is -0.594. The summed E-state index contributed by atoms with van der Waals surface area (Å²) in [7, 11) is 0. The molecule has 0 saturated carbocycles. The van der Waals surface area contributed by atoms with Crippen molar-refractivity contribution in [3.8, 4) is 17.2 Å². The number of nitrogens with zero attached hydrogens (tertiary/aromatic N) is 1. The Kier molecular flexibility index (Phi) is 8.65. The number of hydrazone groups is 1. The fourth-order valence-electron chi connectivity index (χ4n) is 2.90. The van der Waals surface area contributed by atoms with Crippen LogP contribution in [0, 0.1) is 13.8 Å². The van der Waals surface area contributed by atoms with Gasteiger partial charge < -0.3 is 14.2 Å². The summed E-state index contributed by atoms with van der Waals surface area (Å²) in [5.74, 6) is 0.227. The summed E-state index contributed by atoms with van der Waals surface area (Å²) >= 11 is 6.07. The molecule has 0 fully saturated rings. The maximum Gasteiger partial charge on any atom is 0.345 e. The van der Waals surface area contributed by atoms with Gasteiger partial charge in [0.15, 0.2) is 18.1 Å². The van der Waals surface area contributed by atoms with E-state index in [1.165, 1.54) is 6.21 Å². The van der Waals surface area contributed by atoms with Gasteiger partial charge in [-0.1, -0.05) is 29.8 Å². The van der Waals surface area contributed by atoms with Gasteiger partial charge in [0.2, 0.25) is 0 Å². The van der Waals surface area contributed by atoms with Gasteiger partial charge in [-0.15, -0.1) is 0 Å². The smallest absolute Gasteiger partial charge is 0.345 e. The third kappa shape index (κ3) is 6.83. The van der Waals surface area contributed by atoms with Crippen LogP contribution in [0.2, 0.25) is 5.02 Å². The minimum Gasteiger partial charge on any atom is -0.490 e. The molecule has 1 amide bonds. The third-order valence-corrected chi connectivity index (χ3v) is 5.14. The molecular formula is C26H25ClN2O5. The van der Waals surface area contributed by atoms with Crippen LogP contribution < -0.4 is 19.6 Å². The summed E-state index contributed by atoms with van der Waals surface area (Å²) in [6.45, 7) is 6.00. The molecule has 0 aromatic heterocycles. The van der Waals surface area contributed by atoms with Gasteiger partial charge in [0, 0.05) is 0 Å². The fourth-order valence-corrected chi connectivity index (χ4v) is 3.12. The second kappa shape index (κ2) is 11.9. The van der Waals surface area contributed by atoms with E-state index in [0.717, 1.165) is 11.1 Å². The topological polar surface area (TPSA) is 86.2 Å². The Balaban J connectivity index is 1.60. The Morgan fingerprint density at radius 3 is 2.50 bits per heavy atom. The van der Waals surface area contributed by atoms with E-state index in [-0.39, 0.29) is 17.9 Å². The standard InChI is InChI=1S/C26H25ClN2O5/c1-4-32-24-14-19(10-12-23(24)34-26(31)21-7-5-6-8-22(21)27)15-28-29-25(30)16-33-20-11-9-17(2)18(3)13-20/h5-15H,4,16H2,1-3H3,(H,29,30)/b28-15+. The van der Waals surface area contributed by atoms with Crippen LogP contribution in [0.1, 0.15) is 34.0 Å². The Hall–Kier alpha value is -3.84. The highest BCUT2D eigenvalue weighted by atomic mass is 35.5. The molecule has 1 N–H and O–H groups in total. The van der Waals surface area contributed by atoms with E-state index in [2.05, 4.69) is 10.5 Å². The summed E-state index contributed by atoms with van der Waals surface area (Å²) in [6, 6.07) is 17.2. The van der Waals surface area contributed by atoms with Crippen LogP contribution in [0.25, 0.3) is 0 Å². The van der Waals surface area contributed by atoms with Crippen molar-refractivity contribution in [1.82, 2.24) is 5.43 Å². The maximum absolute atomic E-state index is 12.5. The largest absolute Gasteiger partial charge is 0.490 e. The van der Waals surface area contributed by atoms with Crippen molar-refractivity contribution in [2.24, 2.45) is 5.10 Å². The molecule has 7 nitrogen and oxygen atoms in total. The number of benzene rings is 3. The van der Waals surface area contributed by atoms with Crippen LogP contribution in [0.15, 0.2) is 65.8 Å². The Labute approximate surface area is 203 Å². The van der Waals surface area contributed by atoms with Crippen molar-refractivity contribution in [2.45, 2.75) is 20.8 Å². The predicted molar refractivity (Wildman–Crippen MR) is 131 cm³/mol. The second-order valence-corrected chi connectivity index (χ2v) is 7.74. The number of hydrogen-bond acceptors (Lipinski definition) is 6. The monoisotopic (exact) mass is 480 g/mol. The average Bonchev–Trinajstić information content (AvgIpc) is 2.82. The number of halogens is 1. The fraction of sp³-hybridized carbons (Fsp3) is 0.192. The summed E-state index contributed by atoms with van der Waals surface area (Å²) in [4.78, 5) is 24.5. The Morgan fingerprint density at radius 1 is 0.971 bits per heavy atom. The molecule has 0 radical (unpaired) electrons. The zero-order valence-corrected chi connectivity index (χ0v) is 19.9. The first-order valence-corrected chi connectivity index (χ1v) is 11.0. The van der Waals surface area contributed by atoms with Gasteiger partial charge in [0.1, 0.15) is 5.75 Å². The number of aryl methyl sites for hydroxylation is 2. The lowest BCUT2D eigenvalue weighted by atomic mass is 10.1. The van der Waals surface area contributed by atoms with Crippen molar-refractivity contribution in [2.75, 3.05) is 13.2 Å². The van der Waals surface area contributed by atoms with Crippen molar-refractivity contribution in [3.05, 3.63) is 87.9 Å². The number of ether oxygens (including phenoxy) is 3. The van der Waals surface area contributed by atoms with E-state index >= 15 is 0 Å². The molecule has 0 aliphatic heterocycles. The molecule has 176 valence electrons. The maximum atomic E-state index is 12.5. The third-order valence-electron chi connectivity index (χ3n) is 4.82. The summed E-state index contributed by atoms with van der Waals surface area (Å²) < 4.78 is 16.6. The predicted octanol–water partition coefficient (Wildman–Crippen LogP) is 5.10. The molecule has 8 heteroatoms. The number of nitrogens with one attached hydrogen (secondary N) is 1. The number of amides is 1. The summed E-state index contributed by atoms with van der Waals surface area (Å²) in [5.41, 5.74) is 5.54. The SMILES string of the molecule is CCOc1cc(/C=N/NC(=O)COc2ccc(C)c(C)c2)ccc1OC(=O)c1ccccc1Cl. The Bertz CT molecular complexity index is 1210. The molecule has 0 saturated heterocycles. The van der Waals surface area contributed by atoms with Gasteiger partial charge in [-0.3, -0.25) is 4.79 Å². The van der Waals surface area contributed by atoms with Crippen LogP contribution >= 0.6 is 11.6 Å². The zero-order valence-electron chi connectivity index (χ0n) is 19.1. The lowest BCUT2D eigenvalue weighted by Crippen LogP contribution is -2.24. The lowest BCUT2D eigenvalue weighted by molar-refractivity contribution is -0.123. The number of hydrogen-bond donors (Lipinski definition) is 1. The molecule has 3 aromatic carbocycles. The van der Waals surface area contributed by atoms with Crippen LogP contribution in [0.4, 0.5) is 0 Å². The molecule has 0 aliphatic rings. The van der Waals surface area contributed by atoms with E-state index < -0.39 is 11.9 Å². The number of rotatable bonds is 9. The van der Waals surface area contributed by atoms with E-state index in [9.17, 15) is 9.59 Å². The molecule has 0 aliphatic carbocycles. The molecule has 34 heavy (non-hydrogen) atoms. The molecule has 0 atom stereocenters.